The van der Waals surface area contributed by atoms with Gasteiger partial charge in [0.1, 0.15) is 6.07 Å². The summed E-state index contributed by atoms with van der Waals surface area (Å²) in [5.41, 5.74) is 1.03. The molecule has 176 valence electrons. The summed E-state index contributed by atoms with van der Waals surface area (Å²) in [6.45, 7) is 10.7. The minimum atomic E-state index is -0.397. The summed E-state index contributed by atoms with van der Waals surface area (Å²) < 4.78 is 1.99. The van der Waals surface area contributed by atoms with Crippen LogP contribution >= 0.6 is 0 Å². The lowest BCUT2D eigenvalue weighted by molar-refractivity contribution is -0.152. The molecule has 1 heterocycles. The number of nitriles is 1. The first-order chi connectivity index (χ1) is 15.2. The molecule has 4 aliphatic rings. The summed E-state index contributed by atoms with van der Waals surface area (Å²) in [4.78, 5) is 0. The predicted molar refractivity (Wildman–Crippen MR) is 127 cm³/mol. The Kier molecular flexibility index (Phi) is 5.52. The third kappa shape index (κ3) is 3.37. The highest BCUT2D eigenvalue weighted by Crippen LogP contribution is 2.68. The smallest absolute Gasteiger partial charge is 0.162 e. The predicted octanol–water partition coefficient (Wildman–Crippen LogP) is 6.19. The number of rotatable bonds is 4. The quantitative estimate of drug-likeness (QED) is 0.611. The highest BCUT2D eigenvalue weighted by Gasteiger charge is 2.61. The van der Waals surface area contributed by atoms with Gasteiger partial charge in [-0.3, -0.25) is 4.68 Å². The van der Waals surface area contributed by atoms with Gasteiger partial charge in [-0.15, -0.1) is 0 Å². The van der Waals surface area contributed by atoms with E-state index in [9.17, 15) is 5.11 Å². The second-order valence-corrected chi connectivity index (χ2v) is 12.7. The maximum absolute atomic E-state index is 11.0. The van der Waals surface area contributed by atoms with E-state index < -0.39 is 5.60 Å². The summed E-state index contributed by atoms with van der Waals surface area (Å²) in [5, 5.41) is 24.6. The Labute approximate surface area is 194 Å². The van der Waals surface area contributed by atoms with Gasteiger partial charge < -0.3 is 5.11 Å². The van der Waals surface area contributed by atoms with Crippen molar-refractivity contribution >= 4 is 0 Å². The number of aliphatic hydroxyl groups is 1. The van der Waals surface area contributed by atoms with Crippen molar-refractivity contribution in [3.05, 3.63) is 18.0 Å². The Morgan fingerprint density at radius 1 is 1.12 bits per heavy atom. The fourth-order valence-corrected chi connectivity index (χ4v) is 9.56. The lowest BCUT2D eigenvalue weighted by Gasteiger charge is -2.62. The Hall–Kier alpha value is -1.34. The van der Waals surface area contributed by atoms with E-state index in [4.69, 9.17) is 5.26 Å². The average molecular weight is 438 g/mol. The Morgan fingerprint density at radius 3 is 2.62 bits per heavy atom. The van der Waals surface area contributed by atoms with Crippen LogP contribution < -0.4 is 0 Å². The van der Waals surface area contributed by atoms with E-state index in [1.54, 1.807) is 0 Å². The third-order valence-corrected chi connectivity index (χ3v) is 11.5. The first-order valence-corrected chi connectivity index (χ1v) is 13.4. The molecule has 32 heavy (non-hydrogen) atoms. The molecule has 0 saturated heterocycles. The first kappa shape index (κ1) is 22.5. The monoisotopic (exact) mass is 437 g/mol. The number of hydrogen-bond donors (Lipinski definition) is 1. The summed E-state index contributed by atoms with van der Waals surface area (Å²) in [6, 6.07) is 3.99. The molecule has 1 aromatic heterocycles. The Bertz CT molecular complexity index is 887. The van der Waals surface area contributed by atoms with E-state index in [0.717, 1.165) is 55.4 Å². The van der Waals surface area contributed by atoms with Gasteiger partial charge in [-0.25, -0.2) is 0 Å². The average Bonchev–Trinajstić information content (AvgIpc) is 3.37. The van der Waals surface area contributed by atoms with Gasteiger partial charge in [0, 0.05) is 12.7 Å². The summed E-state index contributed by atoms with van der Waals surface area (Å²) in [5.74, 6) is 4.68. The van der Waals surface area contributed by atoms with E-state index in [2.05, 4.69) is 38.9 Å². The molecule has 0 aromatic carbocycles. The molecule has 1 N–H and O–H groups in total. The van der Waals surface area contributed by atoms with Crippen LogP contribution in [0.25, 0.3) is 0 Å². The Morgan fingerprint density at radius 2 is 1.91 bits per heavy atom. The largest absolute Gasteiger partial charge is 0.390 e. The molecule has 4 fully saturated rings. The van der Waals surface area contributed by atoms with Crippen LogP contribution in [0.5, 0.6) is 0 Å². The summed E-state index contributed by atoms with van der Waals surface area (Å²) >= 11 is 0. The zero-order valence-corrected chi connectivity index (χ0v) is 20.7. The Balaban J connectivity index is 1.32. The van der Waals surface area contributed by atoms with E-state index in [1.807, 2.05) is 16.9 Å². The molecule has 4 saturated carbocycles. The first-order valence-electron chi connectivity index (χ1n) is 13.4. The topological polar surface area (TPSA) is 61.8 Å². The van der Waals surface area contributed by atoms with Gasteiger partial charge in [0.25, 0.3) is 0 Å². The van der Waals surface area contributed by atoms with Crippen molar-refractivity contribution in [3.63, 3.8) is 0 Å². The molecular formula is C28H43N3O. The zero-order chi connectivity index (χ0) is 22.7. The minimum Gasteiger partial charge on any atom is -0.390 e. The summed E-state index contributed by atoms with van der Waals surface area (Å²) in [6.07, 6.45) is 14.4. The van der Waals surface area contributed by atoms with Crippen molar-refractivity contribution in [2.75, 3.05) is 0 Å². The number of hydrogen-bond acceptors (Lipinski definition) is 3. The highest BCUT2D eigenvalue weighted by molar-refractivity contribution is 5.16. The molecule has 1 aromatic rings. The molecule has 4 aliphatic carbocycles. The lowest BCUT2D eigenvalue weighted by Crippen LogP contribution is -2.56. The van der Waals surface area contributed by atoms with Crippen molar-refractivity contribution in [2.24, 2.45) is 46.3 Å². The van der Waals surface area contributed by atoms with E-state index in [-0.39, 0.29) is 0 Å². The number of aromatic nitrogens is 2. The standard InChI is InChI=1S/C28H43N3O/c1-5-28(32)14-13-26(3)20(16-28)6-7-22-24-9-8-23(27(24,4)12-10-25(22)26)19(2)18-31-15-11-21(17-29)30-31/h11,15,19-20,22-25,32H,5-10,12-14,16,18H2,1-4H3/t19-,20-,22+,23?,24+,25+,26+,27-,28-/m1/s1. The van der Waals surface area contributed by atoms with Crippen molar-refractivity contribution in [1.82, 2.24) is 9.78 Å². The maximum atomic E-state index is 11.0. The molecule has 5 rings (SSSR count). The SMILES string of the molecule is CC[C@@]1(O)CC[C@@]2(C)[C@H](CC[C@@H]3[C@@H]2CC[C@]2(C)C([C@H](C)Cn4ccc(C#N)n4)CC[C@@H]32)C1. The van der Waals surface area contributed by atoms with Crippen LogP contribution in [0, 0.1) is 57.7 Å². The van der Waals surface area contributed by atoms with Crippen LogP contribution in [0.3, 0.4) is 0 Å². The molecule has 0 bridgehead atoms. The third-order valence-electron chi connectivity index (χ3n) is 11.5. The van der Waals surface area contributed by atoms with Crippen molar-refractivity contribution in [1.29, 1.82) is 5.26 Å². The van der Waals surface area contributed by atoms with Crippen molar-refractivity contribution in [2.45, 2.75) is 104 Å². The molecule has 4 nitrogen and oxygen atoms in total. The van der Waals surface area contributed by atoms with Crippen molar-refractivity contribution in [3.8, 4) is 6.07 Å². The van der Waals surface area contributed by atoms with Crippen LogP contribution in [-0.4, -0.2) is 20.5 Å². The van der Waals surface area contributed by atoms with Crippen LogP contribution in [0.2, 0.25) is 0 Å². The van der Waals surface area contributed by atoms with Crippen LogP contribution in [0.15, 0.2) is 12.3 Å². The fraction of sp³-hybridized carbons (Fsp3) is 0.857. The molecule has 0 aliphatic heterocycles. The second kappa shape index (κ2) is 7.86. The molecule has 4 heteroatoms. The molecule has 9 atom stereocenters. The zero-order valence-electron chi connectivity index (χ0n) is 20.7. The van der Waals surface area contributed by atoms with Crippen molar-refractivity contribution < 1.29 is 5.11 Å². The maximum Gasteiger partial charge on any atom is 0.162 e. The van der Waals surface area contributed by atoms with Gasteiger partial charge >= 0.3 is 0 Å². The molecule has 0 amide bonds. The van der Waals surface area contributed by atoms with Gasteiger partial charge in [0.15, 0.2) is 5.69 Å². The fourth-order valence-electron chi connectivity index (χ4n) is 9.56. The highest BCUT2D eigenvalue weighted by atomic mass is 16.3. The van der Waals surface area contributed by atoms with E-state index in [0.29, 0.717) is 22.4 Å². The van der Waals surface area contributed by atoms with Crippen LogP contribution in [-0.2, 0) is 6.54 Å². The minimum absolute atomic E-state index is 0.397. The molecule has 0 radical (unpaired) electrons. The number of fused-ring (bicyclic) bond motifs is 5. The molecular weight excluding hydrogens is 394 g/mol. The normalized spacial score (nSPS) is 46.6. The van der Waals surface area contributed by atoms with Gasteiger partial charge in [-0.1, -0.05) is 27.7 Å². The van der Waals surface area contributed by atoms with Gasteiger partial charge in [-0.2, -0.15) is 10.4 Å². The summed E-state index contributed by atoms with van der Waals surface area (Å²) in [7, 11) is 0. The van der Waals surface area contributed by atoms with E-state index in [1.165, 1.54) is 44.9 Å². The van der Waals surface area contributed by atoms with Gasteiger partial charge in [0.2, 0.25) is 0 Å². The molecule has 0 spiro atoms. The second-order valence-electron chi connectivity index (χ2n) is 12.7. The lowest BCUT2D eigenvalue weighted by atomic mass is 9.43. The molecule has 1 unspecified atom stereocenters. The van der Waals surface area contributed by atoms with Crippen LogP contribution in [0.4, 0.5) is 0 Å². The van der Waals surface area contributed by atoms with Gasteiger partial charge in [-0.05, 0) is 117 Å². The van der Waals surface area contributed by atoms with Crippen LogP contribution in [0.1, 0.15) is 97.6 Å². The number of nitrogens with zero attached hydrogens (tertiary/aromatic N) is 3. The van der Waals surface area contributed by atoms with Gasteiger partial charge in [0.05, 0.1) is 5.60 Å². The van der Waals surface area contributed by atoms with E-state index >= 15 is 0 Å².